The van der Waals surface area contributed by atoms with Crippen molar-refractivity contribution in [3.63, 3.8) is 0 Å². The Balaban J connectivity index is 2.15. The number of likely N-dealkylation sites (N-methyl/N-ethyl adjacent to an activating group) is 1. The minimum atomic E-state index is 0.184. The molecule has 2 aromatic rings. The van der Waals surface area contributed by atoms with Gasteiger partial charge in [-0.1, -0.05) is 23.7 Å². The number of hydrogen-bond acceptors (Lipinski definition) is 5. The van der Waals surface area contributed by atoms with Crippen molar-refractivity contribution in [1.82, 2.24) is 14.9 Å². The third-order valence-corrected chi connectivity index (χ3v) is 3.58. The average Bonchev–Trinajstić information content (AvgIpc) is 2.46. The highest BCUT2D eigenvalue weighted by molar-refractivity contribution is 6.29. The molecule has 22 heavy (non-hydrogen) atoms. The molecule has 118 valence electrons. The van der Waals surface area contributed by atoms with Gasteiger partial charge in [0.1, 0.15) is 22.5 Å². The molecule has 0 bridgehead atoms. The van der Waals surface area contributed by atoms with E-state index in [2.05, 4.69) is 26.3 Å². The van der Waals surface area contributed by atoms with Crippen LogP contribution in [0.2, 0.25) is 5.15 Å². The largest absolute Gasteiger partial charge is 0.497 e. The molecule has 0 spiro atoms. The zero-order chi connectivity index (χ0) is 16.1. The Morgan fingerprint density at radius 1 is 1.27 bits per heavy atom. The Hall–Kier alpha value is -1.85. The van der Waals surface area contributed by atoms with Gasteiger partial charge in [-0.25, -0.2) is 9.97 Å². The highest BCUT2D eigenvalue weighted by Gasteiger charge is 2.15. The van der Waals surface area contributed by atoms with Gasteiger partial charge in [0, 0.05) is 12.6 Å². The number of halogens is 1. The van der Waals surface area contributed by atoms with E-state index >= 15 is 0 Å². The van der Waals surface area contributed by atoms with E-state index in [9.17, 15) is 0 Å². The molecule has 0 aliphatic rings. The van der Waals surface area contributed by atoms with E-state index in [1.165, 1.54) is 5.56 Å². The zero-order valence-electron chi connectivity index (χ0n) is 13.3. The van der Waals surface area contributed by atoms with E-state index in [0.29, 0.717) is 17.5 Å². The number of nitrogens with one attached hydrogen (secondary N) is 1. The molecule has 1 atom stereocenters. The molecule has 1 heterocycles. The summed E-state index contributed by atoms with van der Waals surface area (Å²) in [5, 5.41) is 3.77. The van der Waals surface area contributed by atoms with Gasteiger partial charge in [-0.2, -0.15) is 0 Å². The van der Waals surface area contributed by atoms with Crippen molar-refractivity contribution in [2.24, 2.45) is 0 Å². The molecular formula is C16H21ClN4O. The quantitative estimate of drug-likeness (QED) is 0.829. The van der Waals surface area contributed by atoms with Crippen LogP contribution in [0.3, 0.4) is 0 Å². The lowest BCUT2D eigenvalue weighted by molar-refractivity contribution is 0.310. The van der Waals surface area contributed by atoms with Crippen LogP contribution in [0.15, 0.2) is 30.3 Å². The van der Waals surface area contributed by atoms with Crippen molar-refractivity contribution in [2.45, 2.75) is 13.0 Å². The SMILES string of the molecule is COc1cccc(C(CNc2cc(Cl)nc(C)n2)N(C)C)c1. The van der Waals surface area contributed by atoms with Gasteiger partial charge in [0.15, 0.2) is 0 Å². The molecule has 0 amide bonds. The number of rotatable bonds is 6. The fourth-order valence-corrected chi connectivity index (χ4v) is 2.50. The van der Waals surface area contributed by atoms with Crippen LogP contribution in [0.5, 0.6) is 5.75 Å². The molecule has 2 rings (SSSR count). The molecule has 0 aliphatic heterocycles. The molecule has 0 fully saturated rings. The van der Waals surface area contributed by atoms with E-state index in [1.54, 1.807) is 13.2 Å². The van der Waals surface area contributed by atoms with Gasteiger partial charge in [0.25, 0.3) is 0 Å². The number of anilines is 1. The molecule has 1 N–H and O–H groups in total. The Morgan fingerprint density at radius 3 is 2.68 bits per heavy atom. The molecule has 0 saturated carbocycles. The second kappa shape index (κ2) is 7.42. The maximum atomic E-state index is 5.97. The van der Waals surface area contributed by atoms with Gasteiger partial charge < -0.3 is 15.0 Å². The summed E-state index contributed by atoms with van der Waals surface area (Å²) in [6, 6.07) is 9.99. The fourth-order valence-electron chi connectivity index (χ4n) is 2.27. The minimum Gasteiger partial charge on any atom is -0.497 e. The highest BCUT2D eigenvalue weighted by atomic mass is 35.5. The number of benzene rings is 1. The summed E-state index contributed by atoms with van der Waals surface area (Å²) >= 11 is 5.97. The Morgan fingerprint density at radius 2 is 2.05 bits per heavy atom. The van der Waals surface area contributed by atoms with Crippen LogP contribution >= 0.6 is 11.6 Å². The van der Waals surface area contributed by atoms with Crippen LogP contribution in [-0.2, 0) is 0 Å². The third-order valence-electron chi connectivity index (χ3n) is 3.39. The van der Waals surface area contributed by atoms with Crippen LogP contribution < -0.4 is 10.1 Å². The Labute approximate surface area is 136 Å². The van der Waals surface area contributed by atoms with Crippen LogP contribution in [0, 0.1) is 6.92 Å². The van der Waals surface area contributed by atoms with Gasteiger partial charge in [-0.3, -0.25) is 0 Å². The van der Waals surface area contributed by atoms with E-state index < -0.39 is 0 Å². The maximum absolute atomic E-state index is 5.97. The van der Waals surface area contributed by atoms with Gasteiger partial charge in [0.05, 0.1) is 13.2 Å². The van der Waals surface area contributed by atoms with Gasteiger partial charge in [0.2, 0.25) is 0 Å². The monoisotopic (exact) mass is 320 g/mol. The van der Waals surface area contributed by atoms with E-state index in [-0.39, 0.29) is 6.04 Å². The summed E-state index contributed by atoms with van der Waals surface area (Å²) in [6.07, 6.45) is 0. The molecule has 0 radical (unpaired) electrons. The normalized spacial score (nSPS) is 12.3. The van der Waals surface area contributed by atoms with Gasteiger partial charge >= 0.3 is 0 Å². The molecule has 5 nitrogen and oxygen atoms in total. The average molecular weight is 321 g/mol. The molecule has 6 heteroatoms. The summed E-state index contributed by atoms with van der Waals surface area (Å²) in [5.74, 6) is 2.23. The molecule has 0 saturated heterocycles. The van der Waals surface area contributed by atoms with Gasteiger partial charge in [-0.15, -0.1) is 0 Å². The molecular weight excluding hydrogens is 300 g/mol. The molecule has 1 aromatic heterocycles. The van der Waals surface area contributed by atoms with Gasteiger partial charge in [-0.05, 0) is 38.7 Å². The first-order valence-electron chi connectivity index (χ1n) is 7.05. The van der Waals surface area contributed by atoms with E-state index in [4.69, 9.17) is 16.3 Å². The van der Waals surface area contributed by atoms with Crippen LogP contribution in [0.25, 0.3) is 0 Å². The number of hydrogen-bond donors (Lipinski definition) is 1. The van der Waals surface area contributed by atoms with E-state index in [0.717, 1.165) is 11.6 Å². The number of nitrogens with zero attached hydrogens (tertiary/aromatic N) is 3. The predicted molar refractivity (Wildman–Crippen MR) is 89.7 cm³/mol. The number of methoxy groups -OCH3 is 1. The van der Waals surface area contributed by atoms with Crippen molar-refractivity contribution in [3.8, 4) is 5.75 Å². The zero-order valence-corrected chi connectivity index (χ0v) is 14.1. The molecule has 1 unspecified atom stereocenters. The topological polar surface area (TPSA) is 50.3 Å². The van der Waals surface area contributed by atoms with Crippen molar-refractivity contribution in [2.75, 3.05) is 33.1 Å². The lowest BCUT2D eigenvalue weighted by Gasteiger charge is -2.25. The lowest BCUT2D eigenvalue weighted by Crippen LogP contribution is -2.27. The minimum absolute atomic E-state index is 0.184. The number of aryl methyl sites for hydroxylation is 1. The maximum Gasteiger partial charge on any atom is 0.134 e. The van der Waals surface area contributed by atoms with Crippen LogP contribution in [0.1, 0.15) is 17.4 Å². The van der Waals surface area contributed by atoms with Crippen LogP contribution in [-0.4, -0.2) is 42.6 Å². The first-order chi connectivity index (χ1) is 10.5. The van der Waals surface area contributed by atoms with Crippen molar-refractivity contribution < 1.29 is 4.74 Å². The molecule has 1 aromatic carbocycles. The van der Waals surface area contributed by atoms with E-state index in [1.807, 2.05) is 39.2 Å². The number of ether oxygens (including phenoxy) is 1. The summed E-state index contributed by atoms with van der Waals surface area (Å²) in [4.78, 5) is 10.6. The first-order valence-corrected chi connectivity index (χ1v) is 7.43. The fraction of sp³-hybridized carbons (Fsp3) is 0.375. The first kappa shape index (κ1) is 16.5. The highest BCUT2D eigenvalue weighted by Crippen LogP contribution is 2.23. The third kappa shape index (κ3) is 4.32. The second-order valence-electron chi connectivity index (χ2n) is 5.26. The Bertz CT molecular complexity index is 613. The van der Waals surface area contributed by atoms with Crippen molar-refractivity contribution in [1.29, 1.82) is 0 Å². The molecule has 0 aliphatic carbocycles. The smallest absolute Gasteiger partial charge is 0.134 e. The summed E-state index contributed by atoms with van der Waals surface area (Å²) in [5.41, 5.74) is 1.17. The second-order valence-corrected chi connectivity index (χ2v) is 5.65. The van der Waals surface area contributed by atoms with Crippen molar-refractivity contribution >= 4 is 17.4 Å². The summed E-state index contributed by atoms with van der Waals surface area (Å²) < 4.78 is 5.30. The van der Waals surface area contributed by atoms with Crippen molar-refractivity contribution in [3.05, 3.63) is 46.9 Å². The number of aromatic nitrogens is 2. The summed E-state index contributed by atoms with van der Waals surface area (Å²) in [6.45, 7) is 2.52. The van der Waals surface area contributed by atoms with Crippen LogP contribution in [0.4, 0.5) is 5.82 Å². The standard InChI is InChI=1S/C16H21ClN4O/c1-11-19-15(17)9-16(20-11)18-10-14(21(2)3)12-6-5-7-13(8-12)22-4/h5-9,14H,10H2,1-4H3,(H,18,19,20). The Kier molecular flexibility index (Phi) is 5.57. The summed E-state index contributed by atoms with van der Waals surface area (Å²) in [7, 11) is 5.77. The lowest BCUT2D eigenvalue weighted by atomic mass is 10.1. The predicted octanol–water partition coefficient (Wildman–Crippen LogP) is 3.16.